The number of carbonyl (C=O) groups is 1. The summed E-state index contributed by atoms with van der Waals surface area (Å²) in [6, 6.07) is 10.9. The second-order valence-electron chi connectivity index (χ2n) is 3.51. The van der Waals surface area contributed by atoms with Gasteiger partial charge >= 0.3 is 0 Å². The Morgan fingerprint density at radius 2 is 2.06 bits per heavy atom. The zero-order valence-electron chi connectivity index (χ0n) is 8.77. The summed E-state index contributed by atoms with van der Waals surface area (Å²) >= 11 is 3.41. The number of aryl methyl sites for hydroxylation is 1. The minimum atomic E-state index is -0.0544. The van der Waals surface area contributed by atoms with Gasteiger partial charge in [-0.15, -0.1) is 0 Å². The number of carbonyl (C=O) groups excluding carboxylic acids is 1. The van der Waals surface area contributed by atoms with Crippen molar-refractivity contribution in [2.24, 2.45) is 0 Å². The number of hydrogen-bond acceptors (Lipinski definition) is 2. The smallest absolute Gasteiger partial charge is 0.211 e. The fourth-order valence-corrected chi connectivity index (χ4v) is 1.76. The molecule has 0 fully saturated rings. The predicted octanol–water partition coefficient (Wildman–Crippen LogP) is 3.38. The van der Waals surface area contributed by atoms with E-state index in [1.54, 1.807) is 18.3 Å². The first-order chi connectivity index (χ1) is 7.68. The number of pyridine rings is 1. The number of hydrogen-bond donors (Lipinski definition) is 0. The lowest BCUT2D eigenvalue weighted by Crippen LogP contribution is -2.03. The first kappa shape index (κ1) is 11.0. The van der Waals surface area contributed by atoms with Crippen molar-refractivity contribution in [1.29, 1.82) is 0 Å². The third-order valence-corrected chi connectivity index (χ3v) is 3.19. The fourth-order valence-electron chi connectivity index (χ4n) is 1.38. The summed E-state index contributed by atoms with van der Waals surface area (Å²) in [4.78, 5) is 16.1. The van der Waals surface area contributed by atoms with Crippen molar-refractivity contribution < 1.29 is 4.79 Å². The molecule has 0 unspecified atom stereocenters. The lowest BCUT2D eigenvalue weighted by Gasteiger charge is -2.02. The maximum Gasteiger partial charge on any atom is 0.211 e. The molecule has 1 heterocycles. The topological polar surface area (TPSA) is 30.0 Å². The van der Waals surface area contributed by atoms with Crippen LogP contribution in [-0.2, 0) is 0 Å². The van der Waals surface area contributed by atoms with Gasteiger partial charge in [0.05, 0.1) is 0 Å². The van der Waals surface area contributed by atoms with Crippen LogP contribution in [0.25, 0.3) is 0 Å². The minimum Gasteiger partial charge on any atom is -0.287 e. The van der Waals surface area contributed by atoms with Gasteiger partial charge in [-0.3, -0.25) is 9.78 Å². The molecule has 0 radical (unpaired) electrons. The number of nitrogens with zero attached hydrogens (tertiary/aromatic N) is 1. The molecule has 0 amide bonds. The molecule has 16 heavy (non-hydrogen) atoms. The maximum atomic E-state index is 12.0. The normalized spacial score (nSPS) is 10.1. The number of benzene rings is 1. The first-order valence-electron chi connectivity index (χ1n) is 4.90. The Kier molecular flexibility index (Phi) is 3.15. The molecule has 0 aliphatic rings. The van der Waals surface area contributed by atoms with Crippen LogP contribution in [-0.4, -0.2) is 10.8 Å². The molecule has 1 aromatic heterocycles. The number of aromatic nitrogens is 1. The van der Waals surface area contributed by atoms with Gasteiger partial charge in [-0.2, -0.15) is 0 Å². The van der Waals surface area contributed by atoms with Gasteiger partial charge in [0.2, 0.25) is 5.78 Å². The van der Waals surface area contributed by atoms with E-state index in [2.05, 4.69) is 20.9 Å². The van der Waals surface area contributed by atoms with E-state index in [9.17, 15) is 4.79 Å². The van der Waals surface area contributed by atoms with E-state index in [0.717, 1.165) is 10.0 Å². The molecule has 0 saturated heterocycles. The van der Waals surface area contributed by atoms with Crippen molar-refractivity contribution in [3.8, 4) is 0 Å². The average molecular weight is 276 g/mol. The highest BCUT2D eigenvalue weighted by Gasteiger charge is 2.10. The zero-order chi connectivity index (χ0) is 11.5. The summed E-state index contributed by atoms with van der Waals surface area (Å²) < 4.78 is 0.939. The van der Waals surface area contributed by atoms with E-state index in [0.29, 0.717) is 11.3 Å². The molecule has 0 bridgehead atoms. The first-order valence-corrected chi connectivity index (χ1v) is 5.69. The monoisotopic (exact) mass is 275 g/mol. The molecule has 0 spiro atoms. The Bertz CT molecular complexity index is 523. The molecular formula is C13H10BrNO. The van der Waals surface area contributed by atoms with E-state index in [1.165, 1.54) is 0 Å². The molecule has 3 heteroatoms. The molecule has 2 aromatic rings. The molecule has 1 aromatic carbocycles. The van der Waals surface area contributed by atoms with Gasteiger partial charge in [0, 0.05) is 16.2 Å². The molecule has 0 aliphatic carbocycles. The molecule has 0 saturated carbocycles. The molecule has 0 aliphatic heterocycles. The second kappa shape index (κ2) is 4.58. The average Bonchev–Trinajstić information content (AvgIpc) is 2.33. The molecule has 2 nitrogen and oxygen atoms in total. The van der Waals surface area contributed by atoms with Crippen LogP contribution in [0, 0.1) is 6.92 Å². The van der Waals surface area contributed by atoms with E-state index < -0.39 is 0 Å². The van der Waals surface area contributed by atoms with Crippen LogP contribution in [0.1, 0.15) is 21.6 Å². The van der Waals surface area contributed by atoms with Crippen molar-refractivity contribution in [2.45, 2.75) is 6.92 Å². The lowest BCUT2D eigenvalue weighted by molar-refractivity contribution is 0.103. The highest BCUT2D eigenvalue weighted by atomic mass is 79.9. The largest absolute Gasteiger partial charge is 0.287 e. The van der Waals surface area contributed by atoms with Gasteiger partial charge < -0.3 is 0 Å². The van der Waals surface area contributed by atoms with Crippen LogP contribution < -0.4 is 0 Å². The van der Waals surface area contributed by atoms with E-state index in [-0.39, 0.29) is 5.78 Å². The molecular weight excluding hydrogens is 266 g/mol. The van der Waals surface area contributed by atoms with Crippen LogP contribution in [0.5, 0.6) is 0 Å². The minimum absolute atomic E-state index is 0.0544. The van der Waals surface area contributed by atoms with Crippen molar-refractivity contribution in [1.82, 2.24) is 4.98 Å². The van der Waals surface area contributed by atoms with Crippen LogP contribution in [0.15, 0.2) is 47.1 Å². The molecule has 2 rings (SSSR count). The SMILES string of the molecule is Cc1ccc(C(=O)c2ccccn2)cc1Br. The summed E-state index contributed by atoms with van der Waals surface area (Å²) in [6.45, 7) is 1.99. The quantitative estimate of drug-likeness (QED) is 0.787. The Morgan fingerprint density at radius 3 is 2.69 bits per heavy atom. The Morgan fingerprint density at radius 1 is 1.25 bits per heavy atom. The summed E-state index contributed by atoms with van der Waals surface area (Å²) in [7, 11) is 0. The van der Waals surface area contributed by atoms with Gasteiger partial charge in [-0.05, 0) is 30.7 Å². The van der Waals surface area contributed by atoms with Crippen LogP contribution in [0.4, 0.5) is 0 Å². The summed E-state index contributed by atoms with van der Waals surface area (Å²) in [6.07, 6.45) is 1.62. The zero-order valence-corrected chi connectivity index (χ0v) is 10.4. The van der Waals surface area contributed by atoms with Crippen molar-refractivity contribution in [2.75, 3.05) is 0 Å². The van der Waals surface area contributed by atoms with Crippen LogP contribution >= 0.6 is 15.9 Å². The number of rotatable bonds is 2. The van der Waals surface area contributed by atoms with Gasteiger partial charge in [-0.1, -0.05) is 34.1 Å². The van der Waals surface area contributed by atoms with E-state index in [1.807, 2.05) is 31.2 Å². The van der Waals surface area contributed by atoms with E-state index >= 15 is 0 Å². The maximum absolute atomic E-state index is 12.0. The fraction of sp³-hybridized carbons (Fsp3) is 0.0769. The number of halogens is 1. The van der Waals surface area contributed by atoms with E-state index in [4.69, 9.17) is 0 Å². The van der Waals surface area contributed by atoms with Gasteiger partial charge in [0.1, 0.15) is 5.69 Å². The summed E-state index contributed by atoms with van der Waals surface area (Å²) in [5.41, 5.74) is 2.23. The molecule has 80 valence electrons. The van der Waals surface area contributed by atoms with Gasteiger partial charge in [-0.25, -0.2) is 0 Å². The third kappa shape index (κ3) is 2.19. The van der Waals surface area contributed by atoms with Crippen molar-refractivity contribution >= 4 is 21.7 Å². The lowest BCUT2D eigenvalue weighted by atomic mass is 10.1. The van der Waals surface area contributed by atoms with Crippen molar-refractivity contribution in [3.63, 3.8) is 0 Å². The highest BCUT2D eigenvalue weighted by molar-refractivity contribution is 9.10. The summed E-state index contributed by atoms with van der Waals surface area (Å²) in [5.74, 6) is -0.0544. The van der Waals surface area contributed by atoms with Crippen LogP contribution in [0.2, 0.25) is 0 Å². The molecule has 0 N–H and O–H groups in total. The van der Waals surface area contributed by atoms with Gasteiger partial charge in [0.15, 0.2) is 0 Å². The Balaban J connectivity index is 2.39. The predicted molar refractivity (Wildman–Crippen MR) is 66.5 cm³/mol. The van der Waals surface area contributed by atoms with Crippen LogP contribution in [0.3, 0.4) is 0 Å². The Hall–Kier alpha value is -1.48. The number of ketones is 1. The third-order valence-electron chi connectivity index (χ3n) is 2.33. The second-order valence-corrected chi connectivity index (χ2v) is 4.36. The summed E-state index contributed by atoms with van der Waals surface area (Å²) in [5, 5.41) is 0. The van der Waals surface area contributed by atoms with Crippen molar-refractivity contribution in [3.05, 3.63) is 63.9 Å². The standard InChI is InChI=1S/C13H10BrNO/c1-9-5-6-10(8-11(9)14)13(16)12-4-2-3-7-15-12/h2-8H,1H3. The highest BCUT2D eigenvalue weighted by Crippen LogP contribution is 2.19. The van der Waals surface area contributed by atoms with Gasteiger partial charge in [0.25, 0.3) is 0 Å². The molecule has 0 atom stereocenters. The Labute approximate surface area is 102 Å².